The fourth-order valence-corrected chi connectivity index (χ4v) is 3.15. The molecule has 0 saturated carbocycles. The zero-order valence-electron chi connectivity index (χ0n) is 11.9. The van der Waals surface area contributed by atoms with E-state index in [0.29, 0.717) is 25.4 Å². The molecule has 1 atom stereocenters. The molecule has 7 heteroatoms. The van der Waals surface area contributed by atoms with Gasteiger partial charge in [-0.2, -0.15) is 17.0 Å². The van der Waals surface area contributed by atoms with Crippen molar-refractivity contribution in [2.75, 3.05) is 31.1 Å². The second-order valence-electron chi connectivity index (χ2n) is 5.15. The van der Waals surface area contributed by atoms with Gasteiger partial charge in [-0.1, -0.05) is 13.8 Å². The lowest BCUT2D eigenvalue weighted by Gasteiger charge is -2.37. The third-order valence-electron chi connectivity index (χ3n) is 3.01. The lowest BCUT2D eigenvalue weighted by atomic mass is 10.2. The van der Waals surface area contributed by atoms with Gasteiger partial charge in [-0.3, -0.25) is 0 Å². The van der Waals surface area contributed by atoms with Crippen molar-refractivity contribution in [1.29, 1.82) is 5.26 Å². The molecular formula is C13H21N3O3S. The second-order valence-corrected chi connectivity index (χ2v) is 6.30. The number of carbonyl (C=O) groups is 2. The Morgan fingerprint density at radius 2 is 2.25 bits per heavy atom. The molecular weight excluding hydrogens is 278 g/mol. The minimum atomic E-state index is -0.963. The molecule has 112 valence electrons. The Hall–Kier alpha value is -1.42. The average Bonchev–Trinajstić information content (AvgIpc) is 2.42. The summed E-state index contributed by atoms with van der Waals surface area (Å²) in [7, 11) is 0. The molecule has 1 saturated heterocycles. The molecule has 0 bridgehead atoms. The van der Waals surface area contributed by atoms with Gasteiger partial charge in [0.15, 0.2) is 0 Å². The Kier molecular flexibility index (Phi) is 6.65. The normalized spacial score (nSPS) is 18.7. The number of nitriles is 1. The molecule has 1 heterocycles. The molecule has 2 amide bonds. The van der Waals surface area contributed by atoms with E-state index in [-0.39, 0.29) is 18.4 Å². The molecule has 1 N–H and O–H groups in total. The van der Waals surface area contributed by atoms with Gasteiger partial charge in [-0.25, -0.2) is 9.59 Å². The average molecular weight is 299 g/mol. The fraction of sp³-hybridized carbons (Fsp3) is 0.769. The molecule has 20 heavy (non-hydrogen) atoms. The van der Waals surface area contributed by atoms with E-state index in [1.807, 2.05) is 19.9 Å². The molecule has 0 aromatic carbocycles. The zero-order chi connectivity index (χ0) is 15.1. The first-order chi connectivity index (χ1) is 9.47. The van der Waals surface area contributed by atoms with Crippen molar-refractivity contribution in [2.24, 2.45) is 5.92 Å². The number of rotatable bonds is 5. The molecule has 0 aliphatic carbocycles. The molecule has 0 aromatic rings. The first kappa shape index (κ1) is 16.6. The molecule has 0 aromatic heterocycles. The van der Waals surface area contributed by atoms with Crippen LogP contribution in [0.2, 0.25) is 0 Å². The Labute approximate surface area is 123 Å². The SMILES string of the molecule is CC(C)CN(CCC#N)C(=O)N1CCSCC1C(=O)O. The first-order valence-corrected chi connectivity index (χ1v) is 7.86. The number of carboxylic acid groups (broad SMARTS) is 1. The van der Waals surface area contributed by atoms with E-state index in [2.05, 4.69) is 0 Å². The van der Waals surface area contributed by atoms with Crippen LogP contribution in [0.4, 0.5) is 4.79 Å². The van der Waals surface area contributed by atoms with Crippen LogP contribution in [0.25, 0.3) is 0 Å². The highest BCUT2D eigenvalue weighted by molar-refractivity contribution is 7.99. The van der Waals surface area contributed by atoms with Crippen molar-refractivity contribution in [3.8, 4) is 6.07 Å². The predicted molar refractivity (Wildman–Crippen MR) is 77.5 cm³/mol. The number of hydrogen-bond acceptors (Lipinski definition) is 4. The van der Waals surface area contributed by atoms with Crippen LogP contribution in [-0.2, 0) is 4.79 Å². The lowest BCUT2D eigenvalue weighted by molar-refractivity contribution is -0.141. The Morgan fingerprint density at radius 1 is 1.55 bits per heavy atom. The van der Waals surface area contributed by atoms with Crippen LogP contribution in [0.15, 0.2) is 0 Å². The van der Waals surface area contributed by atoms with Gasteiger partial charge in [0.25, 0.3) is 0 Å². The molecule has 6 nitrogen and oxygen atoms in total. The number of carboxylic acids is 1. The van der Waals surface area contributed by atoms with Crippen LogP contribution >= 0.6 is 11.8 Å². The monoisotopic (exact) mass is 299 g/mol. The highest BCUT2D eigenvalue weighted by Crippen LogP contribution is 2.19. The van der Waals surface area contributed by atoms with Gasteiger partial charge < -0.3 is 14.9 Å². The van der Waals surface area contributed by atoms with E-state index in [1.54, 1.807) is 16.7 Å². The Morgan fingerprint density at radius 3 is 2.80 bits per heavy atom. The number of hydrogen-bond donors (Lipinski definition) is 1. The van der Waals surface area contributed by atoms with E-state index in [0.717, 1.165) is 5.75 Å². The molecule has 1 fully saturated rings. The van der Waals surface area contributed by atoms with E-state index in [9.17, 15) is 14.7 Å². The summed E-state index contributed by atoms with van der Waals surface area (Å²) < 4.78 is 0. The highest BCUT2D eigenvalue weighted by atomic mass is 32.2. The third kappa shape index (κ3) is 4.60. The van der Waals surface area contributed by atoms with Gasteiger partial charge >= 0.3 is 12.0 Å². The van der Waals surface area contributed by atoms with Crippen LogP contribution in [-0.4, -0.2) is 64.1 Å². The second kappa shape index (κ2) is 8.00. The van der Waals surface area contributed by atoms with Crippen molar-refractivity contribution >= 4 is 23.8 Å². The lowest BCUT2D eigenvalue weighted by Crippen LogP contribution is -2.55. The van der Waals surface area contributed by atoms with Gasteiger partial charge in [0.1, 0.15) is 6.04 Å². The smallest absolute Gasteiger partial charge is 0.327 e. The summed E-state index contributed by atoms with van der Waals surface area (Å²) in [5.74, 6) is 0.494. The first-order valence-electron chi connectivity index (χ1n) is 6.70. The zero-order valence-corrected chi connectivity index (χ0v) is 12.7. The largest absolute Gasteiger partial charge is 0.480 e. The van der Waals surface area contributed by atoms with Crippen LogP contribution in [0.1, 0.15) is 20.3 Å². The van der Waals surface area contributed by atoms with Crippen molar-refractivity contribution in [1.82, 2.24) is 9.80 Å². The summed E-state index contributed by atoms with van der Waals surface area (Å²) in [5.41, 5.74) is 0. The summed E-state index contributed by atoms with van der Waals surface area (Å²) in [6, 6.07) is 1.00. The maximum atomic E-state index is 12.5. The van der Waals surface area contributed by atoms with Gasteiger partial charge in [0, 0.05) is 31.1 Å². The van der Waals surface area contributed by atoms with Gasteiger partial charge in [-0.15, -0.1) is 0 Å². The Bertz CT molecular complexity index is 395. The molecule has 1 unspecified atom stereocenters. The van der Waals surface area contributed by atoms with E-state index in [4.69, 9.17) is 5.26 Å². The topological polar surface area (TPSA) is 84.6 Å². The van der Waals surface area contributed by atoms with Gasteiger partial charge in [0.2, 0.25) is 0 Å². The van der Waals surface area contributed by atoms with E-state index in [1.165, 1.54) is 4.90 Å². The summed E-state index contributed by atoms with van der Waals surface area (Å²) >= 11 is 1.55. The van der Waals surface area contributed by atoms with Crippen molar-refractivity contribution in [3.63, 3.8) is 0 Å². The van der Waals surface area contributed by atoms with Gasteiger partial charge in [-0.05, 0) is 5.92 Å². The van der Waals surface area contributed by atoms with Crippen molar-refractivity contribution in [2.45, 2.75) is 26.3 Å². The number of urea groups is 1. The predicted octanol–water partition coefficient (Wildman–Crippen LogP) is 1.48. The van der Waals surface area contributed by atoms with Crippen LogP contribution in [0.5, 0.6) is 0 Å². The number of amides is 2. The van der Waals surface area contributed by atoms with Gasteiger partial charge in [0.05, 0.1) is 12.5 Å². The number of nitrogens with zero attached hydrogens (tertiary/aromatic N) is 3. The number of thioether (sulfide) groups is 1. The third-order valence-corrected chi connectivity index (χ3v) is 4.03. The van der Waals surface area contributed by atoms with Crippen LogP contribution in [0.3, 0.4) is 0 Å². The van der Waals surface area contributed by atoms with Crippen molar-refractivity contribution < 1.29 is 14.7 Å². The maximum Gasteiger partial charge on any atom is 0.327 e. The maximum absolute atomic E-state index is 12.5. The molecule has 1 aliphatic heterocycles. The Balaban J connectivity index is 2.79. The summed E-state index contributed by atoms with van der Waals surface area (Å²) in [4.78, 5) is 26.8. The minimum Gasteiger partial charge on any atom is -0.480 e. The molecule has 1 aliphatic rings. The van der Waals surface area contributed by atoms with Crippen LogP contribution in [0, 0.1) is 17.2 Å². The summed E-state index contributed by atoms with van der Waals surface area (Å²) in [6.07, 6.45) is 0.263. The van der Waals surface area contributed by atoms with Crippen LogP contribution < -0.4 is 0 Å². The molecule has 1 rings (SSSR count). The van der Waals surface area contributed by atoms with E-state index >= 15 is 0 Å². The quantitative estimate of drug-likeness (QED) is 0.831. The fourth-order valence-electron chi connectivity index (χ4n) is 2.11. The molecule has 0 spiro atoms. The number of aliphatic carboxylic acids is 1. The van der Waals surface area contributed by atoms with Crippen molar-refractivity contribution in [3.05, 3.63) is 0 Å². The standard InChI is InChI=1S/C13H21N3O3S/c1-10(2)8-15(5-3-4-14)13(19)16-6-7-20-9-11(16)12(17)18/h10-11H,3,5-9H2,1-2H3,(H,17,18). The summed E-state index contributed by atoms with van der Waals surface area (Å²) in [6.45, 7) is 5.32. The summed E-state index contributed by atoms with van der Waals surface area (Å²) in [5, 5.41) is 17.9. The minimum absolute atomic E-state index is 0.262. The van der Waals surface area contributed by atoms with E-state index < -0.39 is 12.0 Å². The number of carbonyl (C=O) groups excluding carboxylic acids is 1. The highest BCUT2D eigenvalue weighted by Gasteiger charge is 2.34. The molecule has 0 radical (unpaired) electrons.